The average molecular weight is 433 g/mol. The second kappa shape index (κ2) is 10.4. The number of carbonyl (C=O) groups excluding carboxylic acids is 3. The highest BCUT2D eigenvalue weighted by Crippen LogP contribution is 2.35. The summed E-state index contributed by atoms with van der Waals surface area (Å²) < 4.78 is 20.5. The molecular formula is C21H23NO7S. The second-order valence-corrected chi connectivity index (χ2v) is 6.91. The summed E-state index contributed by atoms with van der Waals surface area (Å²) in [6.07, 6.45) is 1.44. The van der Waals surface area contributed by atoms with Gasteiger partial charge in [0.2, 0.25) is 0 Å². The topological polar surface area (TPSA) is 100 Å². The summed E-state index contributed by atoms with van der Waals surface area (Å²) in [6, 6.07) is 4.66. The number of hydrogen-bond donors (Lipinski definition) is 1. The van der Waals surface area contributed by atoms with E-state index in [-0.39, 0.29) is 34.2 Å². The molecule has 0 aliphatic rings. The minimum absolute atomic E-state index is 0.0260. The van der Waals surface area contributed by atoms with Crippen LogP contribution in [0.3, 0.4) is 0 Å². The van der Waals surface area contributed by atoms with Gasteiger partial charge in [0.25, 0.3) is 5.91 Å². The predicted octanol–water partition coefficient (Wildman–Crippen LogP) is 3.85. The number of amides is 1. The first-order valence-corrected chi connectivity index (χ1v) is 9.81. The van der Waals surface area contributed by atoms with Crippen molar-refractivity contribution in [3.05, 3.63) is 52.4 Å². The lowest BCUT2D eigenvalue weighted by Crippen LogP contribution is -2.15. The van der Waals surface area contributed by atoms with Crippen LogP contribution in [-0.4, -0.2) is 45.3 Å². The summed E-state index contributed by atoms with van der Waals surface area (Å²) in [7, 11) is 2.95. The molecule has 0 bridgehead atoms. The zero-order chi connectivity index (χ0) is 22.3. The van der Waals surface area contributed by atoms with Crippen LogP contribution in [-0.2, 0) is 9.47 Å². The van der Waals surface area contributed by atoms with Gasteiger partial charge in [-0.15, -0.1) is 11.3 Å². The normalized spacial score (nSPS) is 10.1. The Bertz CT molecular complexity index is 965. The smallest absolute Gasteiger partial charge is 0.348 e. The molecular weight excluding hydrogens is 410 g/mol. The van der Waals surface area contributed by atoms with Gasteiger partial charge in [-0.05, 0) is 37.6 Å². The summed E-state index contributed by atoms with van der Waals surface area (Å²) in [5.41, 5.74) is 0.764. The summed E-state index contributed by atoms with van der Waals surface area (Å²) in [5.74, 6) is -0.896. The Labute approximate surface area is 178 Å². The molecule has 1 heterocycles. The largest absolute Gasteiger partial charge is 0.493 e. The van der Waals surface area contributed by atoms with Crippen molar-refractivity contribution in [2.75, 3.05) is 32.8 Å². The highest BCUT2D eigenvalue weighted by molar-refractivity contribution is 7.18. The molecule has 0 saturated carbocycles. The summed E-state index contributed by atoms with van der Waals surface area (Å²) in [6.45, 7) is 6.94. The van der Waals surface area contributed by atoms with E-state index in [1.54, 1.807) is 26.0 Å². The van der Waals surface area contributed by atoms with E-state index in [0.29, 0.717) is 17.1 Å². The molecule has 9 heteroatoms. The maximum atomic E-state index is 12.8. The van der Waals surface area contributed by atoms with Crippen LogP contribution in [0.2, 0.25) is 0 Å². The number of ether oxygens (including phenoxy) is 4. The van der Waals surface area contributed by atoms with Crippen LogP contribution in [0.5, 0.6) is 11.5 Å². The quantitative estimate of drug-likeness (QED) is 0.474. The molecule has 1 aromatic heterocycles. The van der Waals surface area contributed by atoms with Crippen LogP contribution >= 0.6 is 11.3 Å². The summed E-state index contributed by atoms with van der Waals surface area (Å²) in [4.78, 5) is 37.8. The van der Waals surface area contributed by atoms with Crippen LogP contribution in [0.4, 0.5) is 5.00 Å². The number of esters is 2. The minimum atomic E-state index is -0.642. The fourth-order valence-corrected chi connectivity index (χ4v) is 3.68. The summed E-state index contributed by atoms with van der Waals surface area (Å²) in [5, 5.41) is 2.87. The number of hydrogen-bond acceptors (Lipinski definition) is 8. The van der Waals surface area contributed by atoms with Crippen molar-refractivity contribution in [3.63, 3.8) is 0 Å². The highest BCUT2D eigenvalue weighted by atomic mass is 32.1. The Morgan fingerprint density at radius 2 is 1.80 bits per heavy atom. The van der Waals surface area contributed by atoms with Gasteiger partial charge < -0.3 is 24.3 Å². The monoisotopic (exact) mass is 433 g/mol. The lowest BCUT2D eigenvalue weighted by Gasteiger charge is -2.10. The Hall–Kier alpha value is -3.33. The van der Waals surface area contributed by atoms with Gasteiger partial charge in [-0.2, -0.15) is 0 Å². The number of benzene rings is 1. The SMILES string of the molecule is C=CCOC(=O)c1sc(NC(=O)c2ccc(OC)c(OC)c2)c(C(=O)OCC)c1C. The zero-order valence-corrected chi connectivity index (χ0v) is 18.0. The second-order valence-electron chi connectivity index (χ2n) is 5.89. The van der Waals surface area contributed by atoms with E-state index in [4.69, 9.17) is 18.9 Å². The van der Waals surface area contributed by atoms with E-state index in [0.717, 1.165) is 11.3 Å². The molecule has 160 valence electrons. The van der Waals surface area contributed by atoms with E-state index in [2.05, 4.69) is 11.9 Å². The molecule has 1 aromatic carbocycles. The molecule has 0 aliphatic heterocycles. The molecule has 0 aliphatic carbocycles. The molecule has 0 fully saturated rings. The number of nitrogens with one attached hydrogen (secondary N) is 1. The molecule has 1 amide bonds. The first-order chi connectivity index (χ1) is 14.4. The van der Waals surface area contributed by atoms with Gasteiger partial charge in [-0.1, -0.05) is 12.7 Å². The Balaban J connectivity index is 2.41. The van der Waals surface area contributed by atoms with Gasteiger partial charge in [0.1, 0.15) is 16.5 Å². The summed E-state index contributed by atoms with van der Waals surface area (Å²) >= 11 is 0.942. The maximum absolute atomic E-state index is 12.8. The van der Waals surface area contributed by atoms with E-state index < -0.39 is 17.8 Å². The molecule has 0 saturated heterocycles. The van der Waals surface area contributed by atoms with Crippen molar-refractivity contribution < 1.29 is 33.3 Å². The van der Waals surface area contributed by atoms with Gasteiger partial charge in [-0.25, -0.2) is 9.59 Å². The van der Waals surface area contributed by atoms with Crippen molar-refractivity contribution in [2.24, 2.45) is 0 Å². The minimum Gasteiger partial charge on any atom is -0.493 e. The molecule has 2 aromatic rings. The molecule has 8 nitrogen and oxygen atoms in total. The van der Waals surface area contributed by atoms with Crippen LogP contribution in [0.1, 0.15) is 42.9 Å². The van der Waals surface area contributed by atoms with Gasteiger partial charge in [0.15, 0.2) is 11.5 Å². The third-order valence-corrected chi connectivity index (χ3v) is 5.20. The third kappa shape index (κ3) is 4.98. The molecule has 0 spiro atoms. The highest BCUT2D eigenvalue weighted by Gasteiger charge is 2.27. The van der Waals surface area contributed by atoms with E-state index in [1.807, 2.05) is 0 Å². The number of thiophene rings is 1. The van der Waals surface area contributed by atoms with E-state index in [9.17, 15) is 14.4 Å². The maximum Gasteiger partial charge on any atom is 0.348 e. The average Bonchev–Trinajstić information content (AvgIpc) is 3.07. The van der Waals surface area contributed by atoms with Crippen LogP contribution < -0.4 is 14.8 Å². The first kappa shape index (κ1) is 23.0. The van der Waals surface area contributed by atoms with E-state index in [1.165, 1.54) is 26.4 Å². The van der Waals surface area contributed by atoms with Crippen LogP contribution in [0.15, 0.2) is 30.9 Å². The standard InChI is InChI=1S/C21H23NO7S/c1-6-10-29-21(25)17-12(3)16(20(24)28-7-2)19(30-17)22-18(23)13-8-9-14(26-4)15(11-13)27-5/h6,8-9,11H,1,7,10H2,2-5H3,(H,22,23). The third-order valence-electron chi connectivity index (χ3n) is 4.02. The van der Waals surface area contributed by atoms with Crippen molar-refractivity contribution in [3.8, 4) is 11.5 Å². The Morgan fingerprint density at radius 1 is 1.10 bits per heavy atom. The number of methoxy groups -OCH3 is 2. The van der Waals surface area contributed by atoms with Gasteiger partial charge in [0, 0.05) is 5.56 Å². The van der Waals surface area contributed by atoms with Crippen molar-refractivity contribution >= 4 is 34.2 Å². The Kier molecular flexibility index (Phi) is 7.99. The predicted molar refractivity (Wildman–Crippen MR) is 113 cm³/mol. The fraction of sp³-hybridized carbons (Fsp3) is 0.286. The van der Waals surface area contributed by atoms with Crippen molar-refractivity contribution in [2.45, 2.75) is 13.8 Å². The van der Waals surface area contributed by atoms with Crippen LogP contribution in [0, 0.1) is 6.92 Å². The molecule has 0 atom stereocenters. The molecule has 30 heavy (non-hydrogen) atoms. The van der Waals surface area contributed by atoms with Crippen molar-refractivity contribution in [1.82, 2.24) is 0 Å². The molecule has 2 rings (SSSR count). The molecule has 0 unspecified atom stereocenters. The zero-order valence-electron chi connectivity index (χ0n) is 17.2. The molecule has 0 radical (unpaired) electrons. The first-order valence-electron chi connectivity index (χ1n) is 8.99. The van der Waals surface area contributed by atoms with Gasteiger partial charge >= 0.3 is 11.9 Å². The lowest BCUT2D eigenvalue weighted by molar-refractivity contribution is 0.0527. The number of anilines is 1. The van der Waals surface area contributed by atoms with Crippen molar-refractivity contribution in [1.29, 1.82) is 0 Å². The number of carbonyl (C=O) groups is 3. The van der Waals surface area contributed by atoms with Crippen LogP contribution in [0.25, 0.3) is 0 Å². The fourth-order valence-electron chi connectivity index (χ4n) is 2.60. The lowest BCUT2D eigenvalue weighted by atomic mass is 10.1. The number of rotatable bonds is 9. The Morgan fingerprint density at radius 3 is 2.40 bits per heavy atom. The van der Waals surface area contributed by atoms with E-state index >= 15 is 0 Å². The van der Waals surface area contributed by atoms with Gasteiger partial charge in [0.05, 0.1) is 26.4 Å². The molecule has 1 N–H and O–H groups in total. The van der Waals surface area contributed by atoms with Gasteiger partial charge in [-0.3, -0.25) is 4.79 Å².